The third-order valence-corrected chi connectivity index (χ3v) is 4.01. The molecule has 0 fully saturated rings. The van der Waals surface area contributed by atoms with Crippen molar-refractivity contribution in [3.8, 4) is 11.5 Å². The Hall–Kier alpha value is -2.04. The van der Waals surface area contributed by atoms with E-state index in [-0.39, 0.29) is 0 Å². The van der Waals surface area contributed by atoms with Crippen molar-refractivity contribution in [1.82, 2.24) is 4.90 Å². The number of methoxy groups -OCH3 is 2. The molecule has 1 N–H and O–H groups in total. The minimum absolute atomic E-state index is 0.488. The van der Waals surface area contributed by atoms with Crippen molar-refractivity contribution in [2.24, 2.45) is 0 Å². The highest BCUT2D eigenvalue weighted by Crippen LogP contribution is 2.28. The fourth-order valence-corrected chi connectivity index (χ4v) is 2.81. The van der Waals surface area contributed by atoms with Crippen LogP contribution in [0.3, 0.4) is 0 Å². The molecule has 2 aromatic rings. The monoisotopic (exact) mass is 329 g/mol. The predicted octanol–water partition coefficient (Wildman–Crippen LogP) is 3.65. The van der Waals surface area contributed by atoms with Crippen molar-refractivity contribution >= 4 is 0 Å². The predicted molar refractivity (Wildman–Crippen MR) is 96.5 cm³/mol. The Balaban J connectivity index is 2.08. The lowest BCUT2D eigenvalue weighted by Crippen LogP contribution is -2.29. The van der Waals surface area contributed by atoms with Gasteiger partial charge in [0.15, 0.2) is 11.5 Å². The van der Waals surface area contributed by atoms with Gasteiger partial charge in [-0.25, -0.2) is 0 Å². The second kappa shape index (κ2) is 9.30. The topological polar surface area (TPSA) is 41.9 Å². The van der Waals surface area contributed by atoms with Crippen molar-refractivity contribution in [1.29, 1.82) is 0 Å². The largest absolute Gasteiger partial charge is 0.493 e. The lowest BCUT2D eigenvalue weighted by atomic mass is 10.1. The maximum Gasteiger partial charge on any atom is 0.161 e. The number of nitrogens with zero attached hydrogens (tertiary/aromatic N) is 1. The third-order valence-electron chi connectivity index (χ3n) is 4.01. The number of aliphatic hydroxyl groups is 1. The Bertz CT molecular complexity index is 616. The zero-order valence-electron chi connectivity index (χ0n) is 14.7. The molecule has 0 aliphatic heterocycles. The van der Waals surface area contributed by atoms with Gasteiger partial charge in [-0.3, -0.25) is 4.90 Å². The van der Waals surface area contributed by atoms with Gasteiger partial charge in [0.25, 0.3) is 0 Å². The van der Waals surface area contributed by atoms with E-state index in [4.69, 9.17) is 9.47 Å². The van der Waals surface area contributed by atoms with Crippen LogP contribution in [0.2, 0.25) is 0 Å². The quantitative estimate of drug-likeness (QED) is 0.762. The highest BCUT2D eigenvalue weighted by Gasteiger charge is 2.14. The van der Waals surface area contributed by atoms with Crippen LogP contribution in [0, 0.1) is 0 Å². The summed E-state index contributed by atoms with van der Waals surface area (Å²) >= 11 is 0. The summed E-state index contributed by atoms with van der Waals surface area (Å²) in [6.07, 6.45) is 0.548. The zero-order valence-corrected chi connectivity index (χ0v) is 14.7. The molecular weight excluding hydrogens is 302 g/mol. The van der Waals surface area contributed by atoms with Crippen LogP contribution in [0.25, 0.3) is 0 Å². The molecule has 1 atom stereocenters. The molecule has 4 heteroatoms. The average Bonchev–Trinajstić information content (AvgIpc) is 2.62. The fraction of sp³-hybridized carbons (Fsp3) is 0.400. The summed E-state index contributed by atoms with van der Waals surface area (Å²) in [5.74, 6) is 1.46. The van der Waals surface area contributed by atoms with Crippen LogP contribution in [-0.2, 0) is 6.54 Å². The van der Waals surface area contributed by atoms with E-state index < -0.39 is 6.10 Å². The van der Waals surface area contributed by atoms with E-state index >= 15 is 0 Å². The van der Waals surface area contributed by atoms with Gasteiger partial charge >= 0.3 is 0 Å². The number of hydrogen-bond donors (Lipinski definition) is 1. The molecule has 0 aromatic heterocycles. The van der Waals surface area contributed by atoms with Crippen LogP contribution in [0.1, 0.15) is 30.6 Å². The molecule has 0 radical (unpaired) electrons. The van der Waals surface area contributed by atoms with E-state index in [0.29, 0.717) is 6.54 Å². The standard InChI is InChI=1S/C20H27NO3/c1-4-12-21(15-18(22)17-8-6-5-7-9-17)14-16-10-11-19(23-2)20(13-16)24-3/h5-11,13,18,22H,4,12,14-15H2,1-3H3. The Morgan fingerprint density at radius 1 is 1.00 bits per heavy atom. The first-order valence-corrected chi connectivity index (χ1v) is 8.34. The van der Waals surface area contributed by atoms with E-state index in [0.717, 1.165) is 42.1 Å². The summed E-state index contributed by atoms with van der Waals surface area (Å²) in [6, 6.07) is 15.8. The van der Waals surface area contributed by atoms with Crippen molar-refractivity contribution < 1.29 is 14.6 Å². The van der Waals surface area contributed by atoms with Crippen LogP contribution in [0.5, 0.6) is 11.5 Å². The SMILES string of the molecule is CCCN(Cc1ccc(OC)c(OC)c1)CC(O)c1ccccc1. The molecule has 0 saturated heterocycles. The fourth-order valence-electron chi connectivity index (χ4n) is 2.81. The molecule has 0 bridgehead atoms. The third kappa shape index (κ3) is 4.98. The van der Waals surface area contributed by atoms with Crippen LogP contribution in [0.15, 0.2) is 48.5 Å². The van der Waals surface area contributed by atoms with E-state index in [9.17, 15) is 5.11 Å². The van der Waals surface area contributed by atoms with Gasteiger partial charge in [0, 0.05) is 13.1 Å². The van der Waals surface area contributed by atoms with Gasteiger partial charge < -0.3 is 14.6 Å². The molecule has 0 heterocycles. The van der Waals surface area contributed by atoms with E-state index in [1.165, 1.54) is 0 Å². The van der Waals surface area contributed by atoms with Crippen molar-refractivity contribution in [2.75, 3.05) is 27.3 Å². The smallest absolute Gasteiger partial charge is 0.161 e. The van der Waals surface area contributed by atoms with Crippen LogP contribution >= 0.6 is 0 Å². The highest BCUT2D eigenvalue weighted by atomic mass is 16.5. The lowest BCUT2D eigenvalue weighted by Gasteiger charge is -2.25. The van der Waals surface area contributed by atoms with E-state index in [1.54, 1.807) is 14.2 Å². The molecule has 0 saturated carbocycles. The summed E-state index contributed by atoms with van der Waals surface area (Å²) in [7, 11) is 3.28. The number of ether oxygens (including phenoxy) is 2. The van der Waals surface area contributed by atoms with Gasteiger partial charge in [0.1, 0.15) is 0 Å². The van der Waals surface area contributed by atoms with Gasteiger partial charge in [0.2, 0.25) is 0 Å². The molecule has 2 rings (SSSR count). The molecule has 0 amide bonds. The summed E-state index contributed by atoms with van der Waals surface area (Å²) in [5, 5.41) is 10.5. The maximum absolute atomic E-state index is 10.5. The van der Waals surface area contributed by atoms with Crippen molar-refractivity contribution in [3.63, 3.8) is 0 Å². The van der Waals surface area contributed by atoms with Gasteiger partial charge in [-0.1, -0.05) is 43.3 Å². The van der Waals surface area contributed by atoms with Crippen molar-refractivity contribution in [3.05, 3.63) is 59.7 Å². The average molecular weight is 329 g/mol. The maximum atomic E-state index is 10.5. The molecule has 4 nitrogen and oxygen atoms in total. The molecule has 0 aliphatic carbocycles. The first kappa shape index (κ1) is 18.3. The zero-order chi connectivity index (χ0) is 17.4. The van der Waals surface area contributed by atoms with Gasteiger partial charge in [-0.15, -0.1) is 0 Å². The van der Waals surface area contributed by atoms with Gasteiger partial charge in [0.05, 0.1) is 20.3 Å². The minimum Gasteiger partial charge on any atom is -0.493 e. The van der Waals surface area contributed by atoms with Gasteiger partial charge in [-0.05, 0) is 36.2 Å². The van der Waals surface area contributed by atoms with Gasteiger partial charge in [-0.2, -0.15) is 0 Å². The first-order valence-electron chi connectivity index (χ1n) is 8.34. The summed E-state index contributed by atoms with van der Waals surface area (Å²) in [6.45, 7) is 4.44. The molecular formula is C20H27NO3. The molecule has 2 aromatic carbocycles. The number of aliphatic hydroxyl groups excluding tert-OH is 1. The summed E-state index contributed by atoms with van der Waals surface area (Å²) in [4.78, 5) is 2.26. The van der Waals surface area contributed by atoms with Crippen LogP contribution in [0.4, 0.5) is 0 Å². The first-order chi connectivity index (χ1) is 11.7. The number of rotatable bonds is 9. The van der Waals surface area contributed by atoms with E-state index in [1.807, 2.05) is 48.5 Å². The molecule has 24 heavy (non-hydrogen) atoms. The molecule has 130 valence electrons. The minimum atomic E-state index is -0.488. The van der Waals surface area contributed by atoms with E-state index in [2.05, 4.69) is 11.8 Å². The Morgan fingerprint density at radius 3 is 2.33 bits per heavy atom. The highest BCUT2D eigenvalue weighted by molar-refractivity contribution is 5.42. The number of hydrogen-bond acceptors (Lipinski definition) is 4. The Labute approximate surface area is 144 Å². The summed E-state index contributed by atoms with van der Waals surface area (Å²) in [5.41, 5.74) is 2.09. The summed E-state index contributed by atoms with van der Waals surface area (Å²) < 4.78 is 10.7. The molecule has 0 spiro atoms. The number of benzene rings is 2. The normalized spacial score (nSPS) is 12.2. The molecule has 0 aliphatic rings. The second-order valence-corrected chi connectivity index (χ2v) is 5.85. The second-order valence-electron chi connectivity index (χ2n) is 5.85. The Kier molecular flexibility index (Phi) is 7.09. The molecule has 1 unspecified atom stereocenters. The lowest BCUT2D eigenvalue weighted by molar-refractivity contribution is 0.109. The van der Waals surface area contributed by atoms with Crippen LogP contribution in [-0.4, -0.2) is 37.3 Å². The Morgan fingerprint density at radius 2 is 1.71 bits per heavy atom. The van der Waals surface area contributed by atoms with Crippen LogP contribution < -0.4 is 9.47 Å². The van der Waals surface area contributed by atoms with Crippen molar-refractivity contribution in [2.45, 2.75) is 26.0 Å².